The zero-order valence-corrected chi connectivity index (χ0v) is 13.3. The molecular weight excluding hydrogens is 276 g/mol. The van der Waals surface area contributed by atoms with Crippen LogP contribution < -0.4 is 10.2 Å². The molecule has 22 heavy (non-hydrogen) atoms. The van der Waals surface area contributed by atoms with E-state index in [-0.39, 0.29) is 5.91 Å². The number of nitrogens with zero attached hydrogens (tertiary/aromatic N) is 1. The van der Waals surface area contributed by atoms with E-state index in [4.69, 9.17) is 4.42 Å². The molecule has 0 unspecified atom stereocenters. The molecule has 1 aromatic heterocycles. The largest absolute Gasteiger partial charge is 0.469 e. The topological polar surface area (TPSA) is 45.5 Å². The molecule has 2 aromatic rings. The Bertz CT molecular complexity index is 579. The number of hydrogen-bond donors (Lipinski definition) is 1. The van der Waals surface area contributed by atoms with Gasteiger partial charge in [0.1, 0.15) is 5.76 Å². The van der Waals surface area contributed by atoms with Gasteiger partial charge in [-0.25, -0.2) is 0 Å². The van der Waals surface area contributed by atoms with Crippen LogP contribution in [0.5, 0.6) is 0 Å². The van der Waals surface area contributed by atoms with E-state index in [2.05, 4.69) is 48.3 Å². The van der Waals surface area contributed by atoms with Crippen LogP contribution in [0, 0.1) is 6.92 Å². The number of carbonyl (C=O) groups excluding carboxylic acids is 1. The van der Waals surface area contributed by atoms with Crippen LogP contribution in [-0.2, 0) is 11.2 Å². The number of benzene rings is 1. The van der Waals surface area contributed by atoms with Crippen molar-refractivity contribution in [2.45, 2.75) is 26.7 Å². The third-order valence-electron chi connectivity index (χ3n) is 3.63. The average Bonchev–Trinajstić information content (AvgIpc) is 3.03. The molecule has 2 rings (SSSR count). The Morgan fingerprint density at radius 1 is 1.27 bits per heavy atom. The lowest BCUT2D eigenvalue weighted by atomic mass is 10.2. The molecule has 1 heterocycles. The average molecular weight is 300 g/mol. The maximum Gasteiger partial charge on any atom is 0.220 e. The van der Waals surface area contributed by atoms with Crippen LogP contribution in [0.1, 0.15) is 24.7 Å². The highest BCUT2D eigenvalue weighted by Gasteiger charge is 2.06. The Morgan fingerprint density at radius 2 is 2.14 bits per heavy atom. The number of furan rings is 1. The van der Waals surface area contributed by atoms with E-state index >= 15 is 0 Å². The van der Waals surface area contributed by atoms with Crippen molar-refractivity contribution < 1.29 is 9.21 Å². The number of anilines is 1. The Morgan fingerprint density at radius 3 is 2.82 bits per heavy atom. The second-order valence-corrected chi connectivity index (χ2v) is 5.35. The van der Waals surface area contributed by atoms with Crippen molar-refractivity contribution >= 4 is 11.6 Å². The summed E-state index contributed by atoms with van der Waals surface area (Å²) in [7, 11) is 0. The lowest BCUT2D eigenvalue weighted by Gasteiger charge is -2.23. The van der Waals surface area contributed by atoms with Crippen molar-refractivity contribution in [2.24, 2.45) is 0 Å². The molecule has 1 amide bonds. The van der Waals surface area contributed by atoms with Crippen molar-refractivity contribution in [3.63, 3.8) is 0 Å². The smallest absolute Gasteiger partial charge is 0.220 e. The van der Waals surface area contributed by atoms with E-state index < -0.39 is 0 Å². The summed E-state index contributed by atoms with van der Waals surface area (Å²) in [5, 5.41) is 2.97. The monoisotopic (exact) mass is 300 g/mol. The molecule has 4 nitrogen and oxygen atoms in total. The van der Waals surface area contributed by atoms with Gasteiger partial charge in [-0.1, -0.05) is 12.1 Å². The molecule has 1 aromatic carbocycles. The van der Waals surface area contributed by atoms with Crippen LogP contribution in [0.3, 0.4) is 0 Å². The second kappa shape index (κ2) is 8.27. The molecule has 0 aliphatic rings. The van der Waals surface area contributed by atoms with Crippen molar-refractivity contribution in [1.82, 2.24) is 5.32 Å². The SMILES string of the molecule is CCN(CCNC(=O)CCc1ccco1)c1cccc(C)c1. The van der Waals surface area contributed by atoms with Gasteiger partial charge in [0.2, 0.25) is 5.91 Å². The highest BCUT2D eigenvalue weighted by molar-refractivity contribution is 5.76. The van der Waals surface area contributed by atoms with E-state index in [0.29, 0.717) is 19.4 Å². The zero-order valence-electron chi connectivity index (χ0n) is 13.3. The number of amides is 1. The summed E-state index contributed by atoms with van der Waals surface area (Å²) in [6.07, 6.45) is 2.74. The predicted octanol–water partition coefficient (Wildman–Crippen LogP) is 3.16. The molecule has 118 valence electrons. The van der Waals surface area contributed by atoms with Crippen molar-refractivity contribution in [1.29, 1.82) is 0 Å². The summed E-state index contributed by atoms with van der Waals surface area (Å²) in [4.78, 5) is 14.1. The quantitative estimate of drug-likeness (QED) is 0.814. The number of likely N-dealkylation sites (N-methyl/N-ethyl adjacent to an activating group) is 1. The summed E-state index contributed by atoms with van der Waals surface area (Å²) in [6.45, 7) is 6.60. The summed E-state index contributed by atoms with van der Waals surface area (Å²) in [5.41, 5.74) is 2.45. The maximum atomic E-state index is 11.8. The lowest BCUT2D eigenvalue weighted by molar-refractivity contribution is -0.121. The summed E-state index contributed by atoms with van der Waals surface area (Å²) < 4.78 is 5.22. The van der Waals surface area contributed by atoms with Crippen molar-refractivity contribution in [3.8, 4) is 0 Å². The van der Waals surface area contributed by atoms with Crippen LogP contribution >= 0.6 is 0 Å². The summed E-state index contributed by atoms with van der Waals surface area (Å²) in [6, 6.07) is 12.2. The molecule has 0 aliphatic carbocycles. The first-order chi connectivity index (χ1) is 10.7. The normalized spacial score (nSPS) is 10.5. The fraction of sp³-hybridized carbons (Fsp3) is 0.389. The van der Waals surface area contributed by atoms with Crippen molar-refractivity contribution in [3.05, 3.63) is 54.0 Å². The Hall–Kier alpha value is -2.23. The van der Waals surface area contributed by atoms with E-state index in [1.807, 2.05) is 12.1 Å². The van der Waals surface area contributed by atoms with Gasteiger partial charge < -0.3 is 14.6 Å². The molecule has 0 spiro atoms. The molecule has 0 aliphatic heterocycles. The zero-order chi connectivity index (χ0) is 15.8. The Kier molecular flexibility index (Phi) is 6.07. The fourth-order valence-electron chi connectivity index (χ4n) is 2.40. The summed E-state index contributed by atoms with van der Waals surface area (Å²) >= 11 is 0. The Balaban J connectivity index is 1.73. The van der Waals surface area contributed by atoms with Gasteiger partial charge in [0.15, 0.2) is 0 Å². The van der Waals surface area contributed by atoms with E-state index in [9.17, 15) is 4.79 Å². The van der Waals surface area contributed by atoms with Crippen LogP contribution in [0.4, 0.5) is 5.69 Å². The molecular formula is C18H24N2O2. The van der Waals surface area contributed by atoms with Gasteiger partial charge in [-0.2, -0.15) is 0 Å². The predicted molar refractivity (Wildman–Crippen MR) is 89.1 cm³/mol. The molecule has 0 atom stereocenters. The lowest BCUT2D eigenvalue weighted by Crippen LogP contribution is -2.35. The first kappa shape index (κ1) is 16.1. The van der Waals surface area contributed by atoms with E-state index in [1.54, 1.807) is 6.26 Å². The fourth-order valence-corrected chi connectivity index (χ4v) is 2.40. The van der Waals surface area contributed by atoms with Gasteiger partial charge in [-0.15, -0.1) is 0 Å². The van der Waals surface area contributed by atoms with Crippen LogP contribution in [0.2, 0.25) is 0 Å². The van der Waals surface area contributed by atoms with Gasteiger partial charge in [0, 0.05) is 38.2 Å². The third-order valence-corrected chi connectivity index (χ3v) is 3.63. The van der Waals surface area contributed by atoms with Crippen LogP contribution in [0.15, 0.2) is 47.1 Å². The van der Waals surface area contributed by atoms with Gasteiger partial charge in [0.05, 0.1) is 6.26 Å². The number of carbonyl (C=O) groups is 1. The van der Waals surface area contributed by atoms with Gasteiger partial charge in [-0.05, 0) is 43.7 Å². The van der Waals surface area contributed by atoms with Crippen molar-refractivity contribution in [2.75, 3.05) is 24.5 Å². The molecule has 1 N–H and O–H groups in total. The standard InChI is InChI=1S/C18H24N2O2/c1-3-20(16-7-4-6-15(2)14-16)12-11-19-18(21)10-9-17-8-5-13-22-17/h4-8,13-14H,3,9-12H2,1-2H3,(H,19,21). The minimum absolute atomic E-state index is 0.0664. The van der Waals surface area contributed by atoms with E-state index in [1.165, 1.54) is 11.3 Å². The molecule has 0 saturated heterocycles. The second-order valence-electron chi connectivity index (χ2n) is 5.35. The third kappa shape index (κ3) is 4.95. The van der Waals surface area contributed by atoms with Crippen LogP contribution in [-0.4, -0.2) is 25.5 Å². The molecule has 0 fully saturated rings. The maximum absolute atomic E-state index is 11.8. The molecule has 4 heteroatoms. The number of hydrogen-bond acceptors (Lipinski definition) is 3. The molecule has 0 radical (unpaired) electrons. The first-order valence-electron chi connectivity index (χ1n) is 7.79. The number of aryl methyl sites for hydroxylation is 2. The number of rotatable bonds is 8. The minimum atomic E-state index is 0.0664. The Labute approximate surface area is 132 Å². The summed E-state index contributed by atoms with van der Waals surface area (Å²) in [5.74, 6) is 0.918. The molecule has 0 saturated carbocycles. The highest BCUT2D eigenvalue weighted by Crippen LogP contribution is 2.15. The highest BCUT2D eigenvalue weighted by atomic mass is 16.3. The first-order valence-corrected chi connectivity index (χ1v) is 7.79. The van der Waals surface area contributed by atoms with Gasteiger partial charge in [0.25, 0.3) is 0 Å². The molecule has 0 bridgehead atoms. The van der Waals surface area contributed by atoms with Crippen LogP contribution in [0.25, 0.3) is 0 Å². The van der Waals surface area contributed by atoms with Gasteiger partial charge in [-0.3, -0.25) is 4.79 Å². The minimum Gasteiger partial charge on any atom is -0.469 e. The van der Waals surface area contributed by atoms with Gasteiger partial charge >= 0.3 is 0 Å². The number of nitrogens with one attached hydrogen (secondary N) is 1. The van der Waals surface area contributed by atoms with E-state index in [0.717, 1.165) is 18.8 Å².